The van der Waals surface area contributed by atoms with Crippen molar-refractivity contribution in [1.29, 1.82) is 0 Å². The molecule has 0 spiro atoms. The van der Waals surface area contributed by atoms with Crippen molar-refractivity contribution < 1.29 is 34.2 Å². The third-order valence-corrected chi connectivity index (χ3v) is 3.46. The topological polar surface area (TPSA) is 214 Å². The molecule has 0 fully saturated rings. The molecule has 13 heteroatoms. The Hall–Kier alpha value is -2.38. The molecular weight excluding hydrogens is 370 g/mol. The summed E-state index contributed by atoms with van der Waals surface area (Å²) in [7, 11) is 0. The molecule has 4 atom stereocenters. The number of rotatable bonds is 11. The van der Waals surface area contributed by atoms with E-state index in [1.807, 2.05) is 5.32 Å². The molecule has 148 valence electrons. The fraction of sp³-hybridized carbons (Fsp3) is 0.615. The molecule has 0 aliphatic rings. The van der Waals surface area contributed by atoms with Crippen molar-refractivity contribution in [1.82, 2.24) is 16.0 Å². The van der Waals surface area contributed by atoms with Gasteiger partial charge in [-0.3, -0.25) is 19.2 Å². The second-order valence-corrected chi connectivity index (χ2v) is 5.72. The molecule has 4 unspecified atom stereocenters. The standard InChI is InChI=1S/C13H23N5O7S/c1-5(19)10(15)12(23)18-7(4-26)11(22)16-3-9(21)17-6(13(24)25)2-8(14)20/h5-7,10,19,26H,2-4,15H2,1H3,(H2,14,20)(H,16,22)(H,17,21)(H,18,23)(H,24,25). The van der Waals surface area contributed by atoms with Gasteiger partial charge in [-0.05, 0) is 6.92 Å². The van der Waals surface area contributed by atoms with Crippen LogP contribution < -0.4 is 27.4 Å². The van der Waals surface area contributed by atoms with Crippen LogP contribution in [0.4, 0.5) is 0 Å². The number of primary amides is 1. The highest BCUT2D eigenvalue weighted by Gasteiger charge is 2.26. The molecule has 26 heavy (non-hydrogen) atoms. The zero-order valence-electron chi connectivity index (χ0n) is 14.0. The number of carbonyl (C=O) groups excluding carboxylic acids is 4. The molecule has 4 amide bonds. The molecule has 0 aromatic carbocycles. The number of aliphatic carboxylic acids is 1. The first-order chi connectivity index (χ1) is 12.0. The highest BCUT2D eigenvalue weighted by molar-refractivity contribution is 7.80. The summed E-state index contributed by atoms with van der Waals surface area (Å²) in [6.07, 6.45) is -1.75. The molecule has 0 bridgehead atoms. The number of carboxylic acids is 1. The lowest BCUT2D eigenvalue weighted by Crippen LogP contribution is -2.56. The van der Waals surface area contributed by atoms with E-state index in [1.165, 1.54) is 6.92 Å². The van der Waals surface area contributed by atoms with Gasteiger partial charge in [-0.15, -0.1) is 0 Å². The third kappa shape index (κ3) is 8.64. The molecule has 0 aromatic heterocycles. The Morgan fingerprint density at radius 3 is 2.08 bits per heavy atom. The number of nitrogens with two attached hydrogens (primary N) is 2. The highest BCUT2D eigenvalue weighted by Crippen LogP contribution is 1.95. The van der Waals surface area contributed by atoms with Crippen LogP contribution in [-0.2, 0) is 24.0 Å². The number of hydrogen-bond donors (Lipinski definition) is 8. The van der Waals surface area contributed by atoms with Crippen molar-refractivity contribution in [3.63, 3.8) is 0 Å². The van der Waals surface area contributed by atoms with Crippen LogP contribution in [0, 0.1) is 0 Å². The van der Waals surface area contributed by atoms with Gasteiger partial charge in [-0.25, -0.2) is 4.79 Å². The Morgan fingerprint density at radius 1 is 1.08 bits per heavy atom. The fourth-order valence-electron chi connectivity index (χ4n) is 1.62. The van der Waals surface area contributed by atoms with Gasteiger partial charge in [0.2, 0.25) is 23.6 Å². The molecule has 0 aromatic rings. The van der Waals surface area contributed by atoms with Gasteiger partial charge in [0.1, 0.15) is 18.1 Å². The summed E-state index contributed by atoms with van der Waals surface area (Å²) in [5, 5.41) is 24.6. The van der Waals surface area contributed by atoms with Crippen LogP contribution in [0.3, 0.4) is 0 Å². The van der Waals surface area contributed by atoms with Crippen molar-refractivity contribution in [2.75, 3.05) is 12.3 Å². The molecule has 0 aliphatic heterocycles. The summed E-state index contributed by atoms with van der Waals surface area (Å²) in [6, 6.07) is -3.91. The van der Waals surface area contributed by atoms with Crippen LogP contribution in [-0.4, -0.2) is 76.3 Å². The summed E-state index contributed by atoms with van der Waals surface area (Å²) >= 11 is 3.91. The number of aliphatic hydroxyl groups is 1. The predicted molar refractivity (Wildman–Crippen MR) is 91.8 cm³/mol. The van der Waals surface area contributed by atoms with Gasteiger partial charge in [-0.1, -0.05) is 0 Å². The molecule has 0 radical (unpaired) electrons. The van der Waals surface area contributed by atoms with E-state index in [0.717, 1.165) is 0 Å². The number of carbonyl (C=O) groups is 5. The minimum atomic E-state index is -1.53. The molecule has 9 N–H and O–H groups in total. The maximum atomic E-state index is 12.0. The first kappa shape index (κ1) is 23.6. The van der Waals surface area contributed by atoms with Gasteiger partial charge >= 0.3 is 5.97 Å². The Morgan fingerprint density at radius 2 is 1.65 bits per heavy atom. The minimum Gasteiger partial charge on any atom is -0.480 e. The SMILES string of the molecule is CC(O)C(N)C(=O)NC(CS)C(=O)NCC(=O)NC(CC(N)=O)C(=O)O. The average molecular weight is 393 g/mol. The minimum absolute atomic E-state index is 0.120. The monoisotopic (exact) mass is 393 g/mol. The molecule has 0 aliphatic carbocycles. The van der Waals surface area contributed by atoms with E-state index >= 15 is 0 Å². The van der Waals surface area contributed by atoms with Crippen molar-refractivity contribution in [2.24, 2.45) is 11.5 Å². The van der Waals surface area contributed by atoms with Gasteiger partial charge in [-0.2, -0.15) is 12.6 Å². The number of carboxylic acid groups (broad SMARTS) is 1. The molecule has 0 saturated carbocycles. The van der Waals surface area contributed by atoms with Crippen molar-refractivity contribution >= 4 is 42.2 Å². The molecule has 0 rings (SSSR count). The summed E-state index contributed by atoms with van der Waals surface area (Å²) < 4.78 is 0. The number of hydrogen-bond acceptors (Lipinski definition) is 8. The van der Waals surface area contributed by atoms with Crippen LogP contribution in [0.5, 0.6) is 0 Å². The lowest BCUT2D eigenvalue weighted by Gasteiger charge is -2.20. The highest BCUT2D eigenvalue weighted by atomic mass is 32.1. The van der Waals surface area contributed by atoms with E-state index in [4.69, 9.17) is 16.6 Å². The van der Waals surface area contributed by atoms with Crippen LogP contribution in [0.2, 0.25) is 0 Å². The lowest BCUT2D eigenvalue weighted by atomic mass is 10.1. The van der Waals surface area contributed by atoms with E-state index < -0.39 is 66.8 Å². The van der Waals surface area contributed by atoms with Crippen LogP contribution in [0.15, 0.2) is 0 Å². The van der Waals surface area contributed by atoms with E-state index in [9.17, 15) is 29.1 Å². The van der Waals surface area contributed by atoms with Crippen LogP contribution >= 0.6 is 12.6 Å². The lowest BCUT2D eigenvalue weighted by molar-refractivity contribution is -0.143. The summed E-state index contributed by atoms with van der Waals surface area (Å²) in [4.78, 5) is 57.0. The van der Waals surface area contributed by atoms with Crippen molar-refractivity contribution in [3.05, 3.63) is 0 Å². The van der Waals surface area contributed by atoms with Crippen molar-refractivity contribution in [2.45, 2.75) is 37.6 Å². The largest absolute Gasteiger partial charge is 0.480 e. The van der Waals surface area contributed by atoms with Crippen LogP contribution in [0.25, 0.3) is 0 Å². The fourth-order valence-corrected chi connectivity index (χ4v) is 1.88. The summed E-state index contributed by atoms with van der Waals surface area (Å²) in [5.41, 5.74) is 10.3. The average Bonchev–Trinajstić information content (AvgIpc) is 2.55. The normalized spacial score (nSPS) is 15.1. The molecule has 0 heterocycles. The smallest absolute Gasteiger partial charge is 0.326 e. The van der Waals surface area contributed by atoms with E-state index in [1.54, 1.807) is 0 Å². The Balaban J connectivity index is 4.59. The quantitative estimate of drug-likeness (QED) is 0.160. The Kier molecular flexibility index (Phi) is 10.2. The summed E-state index contributed by atoms with van der Waals surface area (Å²) in [5.74, 6) is -4.94. The number of thiol groups is 1. The first-order valence-corrected chi connectivity index (χ1v) is 8.05. The van der Waals surface area contributed by atoms with Gasteiger partial charge in [0, 0.05) is 5.75 Å². The Bertz CT molecular complexity index is 557. The molecule has 12 nitrogen and oxygen atoms in total. The van der Waals surface area contributed by atoms with Gasteiger partial charge in [0.25, 0.3) is 0 Å². The predicted octanol–water partition coefficient (Wildman–Crippen LogP) is -4.33. The zero-order chi connectivity index (χ0) is 20.4. The van der Waals surface area contributed by atoms with E-state index in [2.05, 4.69) is 23.3 Å². The number of nitrogens with one attached hydrogen (secondary N) is 3. The van der Waals surface area contributed by atoms with Gasteiger partial charge < -0.3 is 37.6 Å². The second-order valence-electron chi connectivity index (χ2n) is 5.36. The second kappa shape index (κ2) is 11.3. The molecule has 0 saturated heterocycles. The third-order valence-electron chi connectivity index (χ3n) is 3.10. The van der Waals surface area contributed by atoms with Gasteiger partial charge in [0.15, 0.2) is 0 Å². The maximum absolute atomic E-state index is 12.0. The number of amides is 4. The van der Waals surface area contributed by atoms with E-state index in [-0.39, 0.29) is 5.75 Å². The van der Waals surface area contributed by atoms with E-state index in [0.29, 0.717) is 0 Å². The van der Waals surface area contributed by atoms with Crippen LogP contribution in [0.1, 0.15) is 13.3 Å². The Labute approximate surface area is 154 Å². The molecular formula is C13H23N5O7S. The summed E-state index contributed by atoms with van der Waals surface area (Å²) in [6.45, 7) is 0.694. The van der Waals surface area contributed by atoms with Gasteiger partial charge in [0.05, 0.1) is 19.1 Å². The maximum Gasteiger partial charge on any atom is 0.326 e. The number of aliphatic hydroxyl groups excluding tert-OH is 1. The van der Waals surface area contributed by atoms with Crippen molar-refractivity contribution in [3.8, 4) is 0 Å². The zero-order valence-corrected chi connectivity index (χ0v) is 14.9. The first-order valence-electron chi connectivity index (χ1n) is 7.42.